The van der Waals surface area contributed by atoms with Crippen LogP contribution in [0.1, 0.15) is 78.2 Å². The summed E-state index contributed by atoms with van der Waals surface area (Å²) < 4.78 is 11.6. The van der Waals surface area contributed by atoms with E-state index in [0.29, 0.717) is 38.8 Å². The molecule has 3 amide bonds. The molecule has 5 rings (SSSR count). The van der Waals surface area contributed by atoms with Crippen molar-refractivity contribution in [3.63, 3.8) is 0 Å². The number of hydrogen-bond acceptors (Lipinski definition) is 7. The van der Waals surface area contributed by atoms with Crippen LogP contribution in [0.3, 0.4) is 0 Å². The Bertz CT molecular complexity index is 1280. The van der Waals surface area contributed by atoms with Crippen molar-refractivity contribution in [3.05, 3.63) is 48.6 Å². The molecule has 2 bridgehead atoms. The topological polar surface area (TPSA) is 122 Å². The summed E-state index contributed by atoms with van der Waals surface area (Å²) in [5.41, 5.74) is -0.879. The van der Waals surface area contributed by atoms with Gasteiger partial charge in [0, 0.05) is 42.2 Å². The van der Waals surface area contributed by atoms with E-state index >= 15 is 0 Å². The molecule has 9 nitrogen and oxygen atoms in total. The van der Waals surface area contributed by atoms with Crippen LogP contribution in [0.4, 0.5) is 9.59 Å². The smallest absolute Gasteiger partial charge is 0.414 e. The fraction of sp³-hybridized carbons (Fsp3) is 0.657. The summed E-state index contributed by atoms with van der Waals surface area (Å²) >= 11 is 0. The van der Waals surface area contributed by atoms with E-state index in [0.717, 1.165) is 24.8 Å². The maximum Gasteiger partial charge on any atom is 0.414 e. The molecule has 1 heterocycles. The largest absolute Gasteiger partial charge is 0.445 e. The van der Waals surface area contributed by atoms with Crippen molar-refractivity contribution in [2.24, 2.45) is 39.9 Å². The average molecular weight is 609 g/mol. The number of alkyl carbamates (subject to hydrolysis) is 1. The number of ether oxygens (including phenoxy) is 2. The highest BCUT2D eigenvalue weighted by Gasteiger charge is 2.68. The standard InChI is InChI=1S/C35H48N2O7/c1-6-33(4)20-27(34(5)22(2)12-16-35(23(3)29(33)39)17-13-26(38)28(34)35)44-31(41)36-30(40)25-14-18-37(19-15-25)32(42)43-21-24-10-8-7-9-11-24/h6-11,22-23,25,27-29,39H,1,12-21H2,2-5H3,(H,36,40,41)/t22?,23?,27?,28?,29-,33+,34?,35?/m0/s1. The van der Waals surface area contributed by atoms with Gasteiger partial charge < -0.3 is 19.5 Å². The van der Waals surface area contributed by atoms with Gasteiger partial charge in [0.2, 0.25) is 5.91 Å². The van der Waals surface area contributed by atoms with Gasteiger partial charge in [-0.1, -0.05) is 64.1 Å². The zero-order valence-electron chi connectivity index (χ0n) is 26.6. The van der Waals surface area contributed by atoms with Crippen LogP contribution in [-0.2, 0) is 25.7 Å². The number of benzene rings is 1. The number of aliphatic hydroxyl groups excluding tert-OH is 1. The number of amides is 3. The lowest BCUT2D eigenvalue weighted by Gasteiger charge is -2.61. The van der Waals surface area contributed by atoms with E-state index in [-0.39, 0.29) is 35.6 Å². The molecule has 0 spiro atoms. The summed E-state index contributed by atoms with van der Waals surface area (Å²) in [5.74, 6) is -1.07. The summed E-state index contributed by atoms with van der Waals surface area (Å²) in [7, 11) is 0. The van der Waals surface area contributed by atoms with Crippen molar-refractivity contribution in [1.82, 2.24) is 10.2 Å². The first-order valence-corrected chi connectivity index (χ1v) is 16.2. The Kier molecular flexibility index (Phi) is 9.00. The lowest BCUT2D eigenvalue weighted by Crippen LogP contribution is -2.63. The van der Waals surface area contributed by atoms with Crippen LogP contribution in [0, 0.1) is 39.9 Å². The number of Topliss-reactive ketones (excluding diaryl/α,β-unsaturated/α-hetero) is 1. The fourth-order valence-corrected chi connectivity index (χ4v) is 9.00. The van der Waals surface area contributed by atoms with E-state index in [4.69, 9.17) is 9.47 Å². The van der Waals surface area contributed by atoms with Crippen LogP contribution in [0.15, 0.2) is 43.0 Å². The van der Waals surface area contributed by atoms with Gasteiger partial charge in [-0.05, 0) is 61.3 Å². The van der Waals surface area contributed by atoms with Gasteiger partial charge in [-0.2, -0.15) is 0 Å². The Labute approximate surface area is 260 Å². The zero-order valence-corrected chi connectivity index (χ0v) is 26.6. The van der Waals surface area contributed by atoms with Gasteiger partial charge in [-0.15, -0.1) is 6.58 Å². The molecule has 1 saturated heterocycles. The lowest BCUT2D eigenvalue weighted by atomic mass is 9.44. The number of likely N-dealkylation sites (tertiary alicyclic amines) is 1. The Morgan fingerprint density at radius 3 is 2.43 bits per heavy atom. The van der Waals surface area contributed by atoms with Crippen LogP contribution < -0.4 is 5.32 Å². The minimum atomic E-state index is -0.839. The van der Waals surface area contributed by atoms with Crippen LogP contribution in [0.25, 0.3) is 0 Å². The fourth-order valence-electron chi connectivity index (χ4n) is 9.00. The van der Waals surface area contributed by atoms with Gasteiger partial charge >= 0.3 is 12.2 Å². The molecule has 0 aromatic heterocycles. The summed E-state index contributed by atoms with van der Waals surface area (Å²) in [6.07, 6.45) is 3.03. The molecule has 8 atom stereocenters. The predicted octanol–water partition coefficient (Wildman–Crippen LogP) is 5.65. The van der Waals surface area contributed by atoms with Crippen LogP contribution >= 0.6 is 0 Å². The maximum atomic E-state index is 13.6. The second kappa shape index (κ2) is 12.3. The number of nitrogens with zero attached hydrogens (tertiary/aromatic N) is 1. The number of carbonyl (C=O) groups is 4. The Hall–Kier alpha value is -3.20. The number of ketones is 1. The number of nitrogens with one attached hydrogen (secondary N) is 1. The summed E-state index contributed by atoms with van der Waals surface area (Å²) in [5, 5.41) is 14.1. The zero-order chi connectivity index (χ0) is 31.9. The Balaban J connectivity index is 1.25. The number of piperidine rings is 1. The molecule has 4 fully saturated rings. The van der Waals surface area contributed by atoms with Crippen molar-refractivity contribution in [2.45, 2.75) is 91.5 Å². The second-order valence-electron chi connectivity index (χ2n) is 14.3. The van der Waals surface area contributed by atoms with Crippen LogP contribution in [-0.4, -0.2) is 59.2 Å². The molecule has 240 valence electrons. The molecule has 2 N–H and O–H groups in total. The van der Waals surface area contributed by atoms with E-state index in [2.05, 4.69) is 32.7 Å². The molecule has 1 aromatic carbocycles. The molecule has 4 aliphatic rings. The lowest BCUT2D eigenvalue weighted by molar-refractivity contribution is -0.191. The quantitative estimate of drug-likeness (QED) is 0.414. The molecule has 6 unspecified atom stereocenters. The van der Waals surface area contributed by atoms with Crippen molar-refractivity contribution in [1.29, 1.82) is 0 Å². The highest BCUT2D eigenvalue weighted by molar-refractivity contribution is 5.93. The molecule has 1 aliphatic heterocycles. The highest BCUT2D eigenvalue weighted by atomic mass is 16.6. The molecule has 3 saturated carbocycles. The average Bonchev–Trinajstić information content (AvgIpc) is 3.38. The normalized spacial score (nSPS) is 37.2. The molecular formula is C35H48N2O7. The maximum absolute atomic E-state index is 13.6. The van der Waals surface area contributed by atoms with E-state index in [1.807, 2.05) is 37.3 Å². The first-order chi connectivity index (χ1) is 20.9. The van der Waals surface area contributed by atoms with Crippen LogP contribution in [0.2, 0.25) is 0 Å². The Morgan fingerprint density at radius 1 is 1.09 bits per heavy atom. The molecule has 44 heavy (non-hydrogen) atoms. The van der Waals surface area contributed by atoms with Crippen molar-refractivity contribution in [2.75, 3.05) is 13.1 Å². The SMILES string of the molecule is C=C[C@]1(C)CC(OC(=O)NC(=O)C2CCN(C(=O)OCc3ccccc3)CC2)C2(C)C(C)CCC3(CCC(=O)C32)C(C)[C@@H]1O. The van der Waals surface area contributed by atoms with E-state index < -0.39 is 47.0 Å². The van der Waals surface area contributed by atoms with Gasteiger partial charge in [0.05, 0.1) is 6.10 Å². The summed E-state index contributed by atoms with van der Waals surface area (Å²) in [6.45, 7) is 13.1. The van der Waals surface area contributed by atoms with Crippen molar-refractivity contribution in [3.8, 4) is 0 Å². The highest BCUT2D eigenvalue weighted by Crippen LogP contribution is 2.68. The van der Waals surface area contributed by atoms with Crippen molar-refractivity contribution < 1.29 is 33.8 Å². The number of rotatable bonds is 5. The van der Waals surface area contributed by atoms with E-state index in [9.17, 15) is 24.3 Å². The number of aliphatic hydroxyl groups is 1. The number of hydrogen-bond donors (Lipinski definition) is 2. The van der Waals surface area contributed by atoms with Gasteiger partial charge in [0.1, 0.15) is 18.5 Å². The molecule has 0 radical (unpaired) electrons. The minimum absolute atomic E-state index is 0.0960. The minimum Gasteiger partial charge on any atom is -0.445 e. The first-order valence-electron chi connectivity index (χ1n) is 16.2. The third-order valence-electron chi connectivity index (χ3n) is 12.1. The number of imide groups is 1. The third kappa shape index (κ3) is 5.57. The summed E-state index contributed by atoms with van der Waals surface area (Å²) in [6, 6.07) is 9.44. The molecule has 9 heteroatoms. The first kappa shape index (κ1) is 32.2. The Morgan fingerprint density at radius 2 is 1.77 bits per heavy atom. The van der Waals surface area contributed by atoms with Gasteiger partial charge in [-0.25, -0.2) is 9.59 Å². The molecule has 3 aliphatic carbocycles. The second-order valence-corrected chi connectivity index (χ2v) is 14.3. The van der Waals surface area contributed by atoms with E-state index in [1.54, 1.807) is 11.0 Å². The summed E-state index contributed by atoms with van der Waals surface area (Å²) in [4.78, 5) is 54.2. The number of carbonyl (C=O) groups excluding carboxylic acids is 4. The third-order valence-corrected chi connectivity index (χ3v) is 12.1. The van der Waals surface area contributed by atoms with Crippen LogP contribution in [0.5, 0.6) is 0 Å². The van der Waals surface area contributed by atoms with Crippen molar-refractivity contribution >= 4 is 23.9 Å². The van der Waals surface area contributed by atoms with Gasteiger partial charge in [0.15, 0.2) is 0 Å². The van der Waals surface area contributed by atoms with E-state index in [1.165, 1.54) is 0 Å². The molecule has 1 aromatic rings. The van der Waals surface area contributed by atoms with Gasteiger partial charge in [0.25, 0.3) is 0 Å². The van der Waals surface area contributed by atoms with Gasteiger partial charge in [-0.3, -0.25) is 14.9 Å². The predicted molar refractivity (Wildman–Crippen MR) is 164 cm³/mol. The monoisotopic (exact) mass is 608 g/mol. The molecular weight excluding hydrogens is 560 g/mol.